The number of nitrogens with zero attached hydrogens (tertiary/aromatic N) is 4. The third-order valence-electron chi connectivity index (χ3n) is 5.22. The van der Waals surface area contributed by atoms with Gasteiger partial charge in [0.15, 0.2) is 0 Å². The van der Waals surface area contributed by atoms with Crippen LogP contribution in [0.25, 0.3) is 0 Å². The summed E-state index contributed by atoms with van der Waals surface area (Å²) in [6.45, 7) is 0.346. The lowest BCUT2D eigenvalue weighted by atomic mass is 10.2. The molecule has 0 aliphatic carbocycles. The highest BCUT2D eigenvalue weighted by Crippen LogP contribution is 2.19. The van der Waals surface area contributed by atoms with Crippen molar-refractivity contribution >= 4 is 40.8 Å². The molecule has 0 unspecified atom stereocenters. The highest BCUT2D eigenvalue weighted by molar-refractivity contribution is 6.30. The van der Waals surface area contributed by atoms with E-state index in [2.05, 4.69) is 25.0 Å². The number of nitrogens with one attached hydrogen (secondary N) is 2. The van der Waals surface area contributed by atoms with Gasteiger partial charge in [0.25, 0.3) is 0 Å². The molecule has 1 aliphatic rings. The fourth-order valence-corrected chi connectivity index (χ4v) is 3.68. The van der Waals surface area contributed by atoms with Crippen LogP contribution in [0.3, 0.4) is 0 Å². The van der Waals surface area contributed by atoms with Crippen LogP contribution in [0.1, 0.15) is 12.0 Å². The van der Waals surface area contributed by atoms with Crippen LogP contribution < -0.4 is 27.1 Å². The Morgan fingerprint density at radius 1 is 1.08 bits per heavy atom. The Kier molecular flexibility index (Phi) is 8.26. The largest absolute Gasteiger partial charge is 0.469 e. The lowest BCUT2D eigenvalue weighted by molar-refractivity contribution is -0.140. The summed E-state index contributed by atoms with van der Waals surface area (Å²) in [5.74, 6) is 0.365. The van der Waals surface area contributed by atoms with Crippen LogP contribution in [0, 0.1) is 0 Å². The van der Waals surface area contributed by atoms with E-state index in [-0.39, 0.29) is 30.3 Å². The Hall–Kier alpha value is -4.09. The standard InChI is InChI=1S/C24H22Cl2N6O5/c1-36-21(33)10-11-31-23(34)30-22(32(24(31)35)14-15-2-4-16(25)5-3-15)28-17-6-8-18(9-7-17)37-20-13-27-12-19(26)29-20/h2-9,12,27H,10-11,13-14H2,1H3,(H,28,30,34). The van der Waals surface area contributed by atoms with Gasteiger partial charge in [-0.1, -0.05) is 35.3 Å². The minimum atomic E-state index is -0.701. The van der Waals surface area contributed by atoms with Gasteiger partial charge < -0.3 is 14.8 Å². The van der Waals surface area contributed by atoms with E-state index in [9.17, 15) is 14.4 Å². The number of hydrogen-bond acceptors (Lipinski definition) is 8. The van der Waals surface area contributed by atoms with Crippen LogP contribution in [0.2, 0.25) is 5.02 Å². The highest BCUT2D eigenvalue weighted by Gasteiger charge is 2.12. The second-order valence-electron chi connectivity index (χ2n) is 7.79. The Labute approximate surface area is 220 Å². The van der Waals surface area contributed by atoms with Crippen molar-refractivity contribution in [2.45, 2.75) is 19.5 Å². The predicted octanol–water partition coefficient (Wildman–Crippen LogP) is 2.25. The maximum atomic E-state index is 13.3. The van der Waals surface area contributed by atoms with Gasteiger partial charge in [-0.15, -0.1) is 0 Å². The van der Waals surface area contributed by atoms with Gasteiger partial charge >= 0.3 is 17.3 Å². The molecule has 0 bridgehead atoms. The number of carbonyl (C=O) groups is 1. The Balaban J connectivity index is 1.70. The third-order valence-corrected chi connectivity index (χ3v) is 5.66. The molecule has 192 valence electrons. The molecule has 0 amide bonds. The Morgan fingerprint density at radius 2 is 1.81 bits per heavy atom. The zero-order valence-corrected chi connectivity index (χ0v) is 21.1. The van der Waals surface area contributed by atoms with Crippen molar-refractivity contribution in [1.29, 1.82) is 0 Å². The van der Waals surface area contributed by atoms with Crippen molar-refractivity contribution in [1.82, 2.24) is 19.4 Å². The molecule has 1 aromatic heterocycles. The molecular weight excluding hydrogens is 523 g/mol. The summed E-state index contributed by atoms with van der Waals surface area (Å²) in [5, 5.41) is 3.77. The van der Waals surface area contributed by atoms with E-state index in [0.29, 0.717) is 28.9 Å². The number of esters is 1. The molecule has 0 saturated heterocycles. The fourth-order valence-electron chi connectivity index (χ4n) is 3.38. The first kappa shape index (κ1) is 26.0. The quantitative estimate of drug-likeness (QED) is 0.346. The first-order valence-electron chi connectivity index (χ1n) is 11.1. The molecule has 2 heterocycles. The van der Waals surface area contributed by atoms with E-state index < -0.39 is 17.3 Å². The van der Waals surface area contributed by atoms with Crippen molar-refractivity contribution in [2.75, 3.05) is 13.7 Å². The molecule has 2 aromatic carbocycles. The predicted molar refractivity (Wildman–Crippen MR) is 138 cm³/mol. The van der Waals surface area contributed by atoms with E-state index in [1.807, 2.05) is 0 Å². The van der Waals surface area contributed by atoms with Crippen LogP contribution in [0.4, 0.5) is 5.69 Å². The van der Waals surface area contributed by atoms with Gasteiger partial charge in [-0.05, 0) is 42.0 Å². The van der Waals surface area contributed by atoms with Gasteiger partial charge in [-0.3, -0.25) is 14.3 Å². The molecule has 0 spiro atoms. The van der Waals surface area contributed by atoms with Crippen molar-refractivity contribution in [3.8, 4) is 5.75 Å². The molecule has 0 atom stereocenters. The molecule has 1 aliphatic heterocycles. The second-order valence-corrected chi connectivity index (χ2v) is 8.61. The molecule has 0 saturated carbocycles. The van der Waals surface area contributed by atoms with E-state index >= 15 is 0 Å². The van der Waals surface area contributed by atoms with Gasteiger partial charge in [0, 0.05) is 17.8 Å². The van der Waals surface area contributed by atoms with Crippen LogP contribution in [-0.2, 0) is 22.6 Å². The summed E-state index contributed by atoms with van der Waals surface area (Å²) in [5.41, 5.74) is -0.0819. The van der Waals surface area contributed by atoms with Gasteiger partial charge in [0.05, 0.1) is 32.3 Å². The number of aromatic amines is 1. The summed E-state index contributed by atoms with van der Waals surface area (Å²) in [6, 6.07) is 13.6. The van der Waals surface area contributed by atoms with Gasteiger partial charge in [-0.25, -0.2) is 24.1 Å². The van der Waals surface area contributed by atoms with Gasteiger partial charge in [0.2, 0.25) is 11.5 Å². The highest BCUT2D eigenvalue weighted by atomic mass is 35.5. The van der Waals surface area contributed by atoms with Crippen molar-refractivity contribution < 1.29 is 14.3 Å². The van der Waals surface area contributed by atoms with Crippen molar-refractivity contribution in [3.63, 3.8) is 0 Å². The third kappa shape index (κ3) is 6.78. The molecule has 11 nitrogen and oxygen atoms in total. The topological polar surface area (TPSA) is 132 Å². The van der Waals surface area contributed by atoms with Crippen LogP contribution >= 0.6 is 23.2 Å². The molecule has 2 N–H and O–H groups in total. The summed E-state index contributed by atoms with van der Waals surface area (Å²) >= 11 is 11.9. The Morgan fingerprint density at radius 3 is 2.49 bits per heavy atom. The van der Waals surface area contributed by atoms with Crippen LogP contribution in [-0.4, -0.2) is 39.6 Å². The number of rotatable bonds is 7. The normalized spacial score (nSPS) is 13.4. The average molecular weight is 545 g/mol. The number of halogens is 2. The van der Waals surface area contributed by atoms with Crippen LogP contribution in [0.15, 0.2) is 79.5 Å². The van der Waals surface area contributed by atoms with E-state index in [4.69, 9.17) is 27.9 Å². The van der Waals surface area contributed by atoms with E-state index in [1.54, 1.807) is 54.7 Å². The molecule has 3 aromatic rings. The zero-order chi connectivity index (χ0) is 26.4. The SMILES string of the molecule is COC(=O)CCn1c(=O)[nH]/c(=N\c2ccc(OC3=NC(Cl)=CNC3)cc2)n(Cc2ccc(Cl)cc2)c1=O. The molecule has 37 heavy (non-hydrogen) atoms. The fraction of sp³-hybridized carbons (Fsp3) is 0.208. The number of hydrogen-bond donors (Lipinski definition) is 2. The number of carbonyl (C=O) groups excluding carboxylic acids is 1. The lowest BCUT2D eigenvalue weighted by Gasteiger charge is -2.12. The summed E-state index contributed by atoms with van der Waals surface area (Å²) in [7, 11) is 1.24. The molecular formula is C24H22Cl2N6O5. The Bertz CT molecular complexity index is 1540. The van der Waals surface area contributed by atoms with E-state index in [0.717, 1.165) is 10.1 Å². The number of H-pyrrole nitrogens is 1. The van der Waals surface area contributed by atoms with Gasteiger partial charge in [-0.2, -0.15) is 0 Å². The minimum absolute atomic E-state index is 0.0331. The number of benzene rings is 2. The van der Waals surface area contributed by atoms with Crippen LogP contribution in [0.5, 0.6) is 5.75 Å². The van der Waals surface area contributed by atoms with Gasteiger partial charge in [0.1, 0.15) is 10.9 Å². The molecule has 0 radical (unpaired) electrons. The monoisotopic (exact) mass is 544 g/mol. The summed E-state index contributed by atoms with van der Waals surface area (Å²) < 4.78 is 12.6. The lowest BCUT2D eigenvalue weighted by Crippen LogP contribution is -2.50. The minimum Gasteiger partial charge on any atom is -0.469 e. The maximum Gasteiger partial charge on any atom is 0.335 e. The molecule has 13 heteroatoms. The number of aliphatic imine (C=N–C) groups is 1. The van der Waals surface area contributed by atoms with E-state index in [1.165, 1.54) is 11.7 Å². The zero-order valence-electron chi connectivity index (χ0n) is 19.6. The second kappa shape index (κ2) is 11.8. The summed E-state index contributed by atoms with van der Waals surface area (Å²) in [6.07, 6.45) is 1.43. The average Bonchev–Trinajstić information content (AvgIpc) is 2.88. The van der Waals surface area contributed by atoms with Crippen molar-refractivity contribution in [2.24, 2.45) is 9.98 Å². The first-order chi connectivity index (χ1) is 17.8. The van der Waals surface area contributed by atoms with Crippen molar-refractivity contribution in [3.05, 3.63) is 97.1 Å². The number of ether oxygens (including phenoxy) is 2. The number of aromatic nitrogens is 3. The maximum absolute atomic E-state index is 13.3. The first-order valence-corrected chi connectivity index (χ1v) is 11.8. The smallest absolute Gasteiger partial charge is 0.335 e. The molecule has 0 fully saturated rings. The molecule has 4 rings (SSSR count). The summed E-state index contributed by atoms with van der Waals surface area (Å²) in [4.78, 5) is 48.8. The number of methoxy groups -OCH3 is 1.